The lowest BCUT2D eigenvalue weighted by molar-refractivity contribution is -0.340. The van der Waals surface area contributed by atoms with Gasteiger partial charge in [-0.3, -0.25) is 0 Å². The van der Waals surface area contributed by atoms with Crippen LogP contribution in [0.4, 0.5) is 0 Å². The fraction of sp³-hybridized carbons (Fsp3) is 1.00. The molecule has 5 unspecified atom stereocenters. The summed E-state index contributed by atoms with van der Waals surface area (Å²) in [6, 6.07) is 0. The Kier molecular flexibility index (Phi) is 6.30. The average Bonchev–Trinajstić information content (AvgIpc) is 2.54. The van der Waals surface area contributed by atoms with Crippen LogP contribution in [0.5, 0.6) is 0 Å². The summed E-state index contributed by atoms with van der Waals surface area (Å²) in [5.41, 5.74) is 0. The number of hydrogen-bond donors (Lipinski definition) is 7. The molecule has 0 saturated carbocycles. The van der Waals surface area contributed by atoms with Crippen LogP contribution in [0.3, 0.4) is 0 Å². The first-order valence-electron chi connectivity index (χ1n) is 7.40. The largest absolute Gasteiger partial charge is 0.394 e. The van der Waals surface area contributed by atoms with E-state index < -0.39 is 74.4 Å². The van der Waals surface area contributed by atoms with Crippen LogP contribution in [0, 0.1) is 0 Å². The molecule has 0 bridgehead atoms. The molecule has 2 aliphatic heterocycles. The molecule has 0 amide bonds. The van der Waals surface area contributed by atoms with E-state index in [1.165, 1.54) is 6.92 Å². The molecule has 2 heterocycles. The third-order valence-electron chi connectivity index (χ3n) is 4.24. The second kappa shape index (κ2) is 7.66. The van der Waals surface area contributed by atoms with Crippen LogP contribution < -0.4 is 0 Å². The van der Waals surface area contributed by atoms with Crippen molar-refractivity contribution in [3.63, 3.8) is 0 Å². The van der Waals surface area contributed by atoms with Crippen molar-refractivity contribution < 1.29 is 50.0 Å². The van der Waals surface area contributed by atoms with Crippen molar-refractivity contribution in [2.45, 2.75) is 68.1 Å². The normalized spacial score (nSPS) is 51.7. The van der Waals surface area contributed by atoms with Crippen LogP contribution in [0.2, 0.25) is 0 Å². The summed E-state index contributed by atoms with van der Waals surface area (Å²) in [5, 5.41) is 67.5. The number of ether oxygens (including phenoxy) is 3. The molecule has 2 aliphatic rings. The predicted octanol–water partition coefficient (Wildman–Crippen LogP) is -4.33. The quantitative estimate of drug-likeness (QED) is 0.265. The molecule has 7 N–H and O–H groups in total. The van der Waals surface area contributed by atoms with E-state index in [1.54, 1.807) is 0 Å². The van der Waals surface area contributed by atoms with Crippen LogP contribution in [-0.2, 0) is 14.2 Å². The van der Waals surface area contributed by atoms with Crippen LogP contribution in [0.1, 0.15) is 6.92 Å². The van der Waals surface area contributed by atoms with Crippen LogP contribution in [0.15, 0.2) is 0 Å². The second-order valence-corrected chi connectivity index (χ2v) is 5.84. The third kappa shape index (κ3) is 3.66. The fourth-order valence-electron chi connectivity index (χ4n) is 2.80. The Morgan fingerprint density at radius 2 is 1.26 bits per heavy atom. The molecule has 0 aromatic heterocycles. The Bertz CT molecular complexity index is 380. The Labute approximate surface area is 132 Å². The van der Waals surface area contributed by atoms with Crippen molar-refractivity contribution in [2.24, 2.45) is 0 Å². The maximum atomic E-state index is 10.1. The number of aliphatic hydroxyl groups is 7. The van der Waals surface area contributed by atoms with Gasteiger partial charge in [0.1, 0.15) is 48.8 Å². The van der Waals surface area contributed by atoms with Gasteiger partial charge in [-0.05, 0) is 6.92 Å². The molecule has 136 valence electrons. The number of hydrogen-bond acceptors (Lipinski definition) is 10. The van der Waals surface area contributed by atoms with Crippen molar-refractivity contribution >= 4 is 0 Å². The molecule has 0 spiro atoms. The monoisotopic (exact) mass is 340 g/mol. The van der Waals surface area contributed by atoms with Crippen molar-refractivity contribution in [1.29, 1.82) is 0 Å². The molecule has 0 aliphatic carbocycles. The van der Waals surface area contributed by atoms with Gasteiger partial charge in [0.05, 0.1) is 19.3 Å². The minimum absolute atomic E-state index is 0.491. The highest BCUT2D eigenvalue weighted by Crippen LogP contribution is 2.28. The lowest BCUT2D eigenvalue weighted by Crippen LogP contribution is -2.63. The summed E-state index contributed by atoms with van der Waals surface area (Å²) in [7, 11) is 0. The van der Waals surface area contributed by atoms with Crippen LogP contribution in [-0.4, -0.2) is 110 Å². The second-order valence-electron chi connectivity index (χ2n) is 5.84. The highest BCUT2D eigenvalue weighted by molar-refractivity contribution is 4.94. The Balaban J connectivity index is 2.08. The maximum absolute atomic E-state index is 10.1. The van der Waals surface area contributed by atoms with Crippen molar-refractivity contribution in [3.8, 4) is 0 Å². The molecule has 10 atom stereocenters. The highest BCUT2D eigenvalue weighted by Gasteiger charge is 2.49. The van der Waals surface area contributed by atoms with Gasteiger partial charge < -0.3 is 50.0 Å². The first kappa shape index (κ1) is 18.9. The minimum Gasteiger partial charge on any atom is -0.394 e. The smallest absolute Gasteiger partial charge is 0.187 e. The van der Waals surface area contributed by atoms with Crippen LogP contribution >= 0.6 is 0 Å². The molecule has 0 aromatic rings. The standard InChI is InChI=1S/C13H24O10/c1-4-12(10(19)8(17)5(2-14)21-4)23-13-11(20)9(18)7(16)6(3-15)22-13/h4-20H,2-3H2,1H3/t4-,5?,6?,7-,8-,9?,10?,11-,12?,13-/m0/s1. The molecule has 2 fully saturated rings. The summed E-state index contributed by atoms with van der Waals surface area (Å²) in [5.74, 6) is 0. The van der Waals surface area contributed by atoms with Gasteiger partial charge in [0, 0.05) is 0 Å². The summed E-state index contributed by atoms with van der Waals surface area (Å²) < 4.78 is 15.9. The molecular formula is C13H24O10. The van der Waals surface area contributed by atoms with Gasteiger partial charge in [0.2, 0.25) is 0 Å². The predicted molar refractivity (Wildman–Crippen MR) is 72.1 cm³/mol. The van der Waals surface area contributed by atoms with E-state index in [0.29, 0.717) is 0 Å². The van der Waals surface area contributed by atoms with E-state index in [-0.39, 0.29) is 0 Å². The van der Waals surface area contributed by atoms with Gasteiger partial charge in [0.25, 0.3) is 0 Å². The lowest BCUT2D eigenvalue weighted by Gasteiger charge is -2.45. The molecule has 0 radical (unpaired) electrons. The average molecular weight is 340 g/mol. The van der Waals surface area contributed by atoms with E-state index in [4.69, 9.17) is 24.4 Å². The molecule has 10 nitrogen and oxygen atoms in total. The molecule has 23 heavy (non-hydrogen) atoms. The third-order valence-corrected chi connectivity index (χ3v) is 4.24. The molecular weight excluding hydrogens is 316 g/mol. The van der Waals surface area contributed by atoms with E-state index in [2.05, 4.69) is 0 Å². The first-order chi connectivity index (χ1) is 10.8. The zero-order chi connectivity index (χ0) is 17.3. The summed E-state index contributed by atoms with van der Waals surface area (Å²) >= 11 is 0. The fourth-order valence-corrected chi connectivity index (χ4v) is 2.80. The summed E-state index contributed by atoms with van der Waals surface area (Å²) in [6.07, 6.45) is -13.0. The number of rotatable bonds is 4. The molecule has 0 aromatic carbocycles. The minimum atomic E-state index is -1.63. The van der Waals surface area contributed by atoms with Gasteiger partial charge in [-0.1, -0.05) is 0 Å². The molecule has 10 heteroatoms. The van der Waals surface area contributed by atoms with Crippen LogP contribution in [0.25, 0.3) is 0 Å². The van der Waals surface area contributed by atoms with E-state index in [1.807, 2.05) is 0 Å². The zero-order valence-corrected chi connectivity index (χ0v) is 12.5. The Morgan fingerprint density at radius 3 is 1.83 bits per heavy atom. The first-order valence-corrected chi connectivity index (χ1v) is 7.40. The van der Waals surface area contributed by atoms with Gasteiger partial charge >= 0.3 is 0 Å². The zero-order valence-electron chi connectivity index (χ0n) is 12.5. The topological polar surface area (TPSA) is 169 Å². The van der Waals surface area contributed by atoms with E-state index in [0.717, 1.165) is 0 Å². The SMILES string of the molecule is C[C@@H]1OC(CO)[C@H](O)C(O)C1O[C@@H]1OC(CO)[C@H](O)C(O)[C@@H]1O. The molecule has 2 rings (SSSR count). The Morgan fingerprint density at radius 1 is 0.739 bits per heavy atom. The van der Waals surface area contributed by atoms with Crippen molar-refractivity contribution in [3.05, 3.63) is 0 Å². The summed E-state index contributed by atoms with van der Waals surface area (Å²) in [4.78, 5) is 0. The van der Waals surface area contributed by atoms with Gasteiger partial charge in [-0.15, -0.1) is 0 Å². The van der Waals surface area contributed by atoms with Gasteiger partial charge in [-0.2, -0.15) is 0 Å². The van der Waals surface area contributed by atoms with Crippen molar-refractivity contribution in [1.82, 2.24) is 0 Å². The number of aliphatic hydroxyl groups excluding tert-OH is 7. The lowest BCUT2D eigenvalue weighted by atomic mass is 9.95. The van der Waals surface area contributed by atoms with Gasteiger partial charge in [0.15, 0.2) is 6.29 Å². The summed E-state index contributed by atoms with van der Waals surface area (Å²) in [6.45, 7) is 0.432. The van der Waals surface area contributed by atoms with Gasteiger partial charge in [-0.25, -0.2) is 0 Å². The van der Waals surface area contributed by atoms with Crippen molar-refractivity contribution in [2.75, 3.05) is 13.2 Å². The highest BCUT2D eigenvalue weighted by atomic mass is 16.7. The Hall–Kier alpha value is -0.400. The maximum Gasteiger partial charge on any atom is 0.187 e. The van der Waals surface area contributed by atoms with E-state index >= 15 is 0 Å². The van der Waals surface area contributed by atoms with E-state index in [9.17, 15) is 25.5 Å². The molecule has 2 saturated heterocycles.